The van der Waals surface area contributed by atoms with Crippen LogP contribution in [0.4, 0.5) is 11.4 Å². The fourth-order valence-corrected chi connectivity index (χ4v) is 3.78. The number of carbonyl (C=O) groups excluding carboxylic acids is 2. The molecule has 4 rings (SSSR count). The molecule has 32 heavy (non-hydrogen) atoms. The molecule has 0 bridgehead atoms. The van der Waals surface area contributed by atoms with E-state index in [1.165, 1.54) is 4.90 Å². The summed E-state index contributed by atoms with van der Waals surface area (Å²) in [5.41, 5.74) is 2.54. The van der Waals surface area contributed by atoms with Crippen LogP contribution in [0.5, 0.6) is 5.75 Å². The summed E-state index contributed by atoms with van der Waals surface area (Å²) in [5.74, 6) is -0.162. The monoisotopic (exact) mass is 446 g/mol. The van der Waals surface area contributed by atoms with Gasteiger partial charge in [0.1, 0.15) is 11.4 Å². The normalized spacial score (nSPS) is 13.7. The Labute approximate surface area is 192 Å². The molecule has 1 heterocycles. The molecule has 0 unspecified atom stereocenters. The van der Waals surface area contributed by atoms with Crippen LogP contribution in [-0.2, 0) is 9.59 Å². The molecule has 2 amide bonds. The fraction of sp³-hybridized carbons (Fsp3) is 0.154. The van der Waals surface area contributed by atoms with Gasteiger partial charge in [0.25, 0.3) is 11.8 Å². The van der Waals surface area contributed by atoms with E-state index in [0.717, 1.165) is 12.1 Å². The van der Waals surface area contributed by atoms with E-state index in [1.807, 2.05) is 43.3 Å². The van der Waals surface area contributed by atoms with Gasteiger partial charge in [-0.3, -0.25) is 9.59 Å². The van der Waals surface area contributed by atoms with E-state index in [-0.39, 0.29) is 11.8 Å². The quantitative estimate of drug-likeness (QED) is 0.446. The number of likely N-dealkylation sites (N-methyl/N-ethyl adjacent to an activating group) is 1. The van der Waals surface area contributed by atoms with Crippen molar-refractivity contribution < 1.29 is 14.3 Å². The first-order valence-electron chi connectivity index (χ1n) is 10.4. The number of benzene rings is 3. The minimum absolute atomic E-state index is 0.309. The molecule has 0 saturated carbocycles. The number of ether oxygens (including phenoxy) is 1. The molecular weight excluding hydrogens is 424 g/mol. The maximum Gasteiger partial charge on any atom is 0.282 e. The van der Waals surface area contributed by atoms with E-state index in [1.54, 1.807) is 54.4 Å². The van der Waals surface area contributed by atoms with E-state index >= 15 is 0 Å². The number of rotatable bonds is 7. The van der Waals surface area contributed by atoms with Crippen LogP contribution in [0.1, 0.15) is 18.9 Å². The van der Waals surface area contributed by atoms with E-state index in [2.05, 4.69) is 0 Å². The van der Waals surface area contributed by atoms with Crippen molar-refractivity contribution in [1.82, 2.24) is 0 Å². The zero-order valence-corrected chi connectivity index (χ0v) is 18.7. The van der Waals surface area contributed by atoms with Crippen LogP contribution >= 0.6 is 11.6 Å². The average molecular weight is 447 g/mol. The fourth-order valence-electron chi connectivity index (χ4n) is 3.65. The Morgan fingerprint density at radius 3 is 2.31 bits per heavy atom. The van der Waals surface area contributed by atoms with Crippen molar-refractivity contribution in [3.63, 3.8) is 0 Å². The summed E-state index contributed by atoms with van der Waals surface area (Å²) in [6, 6.07) is 23.5. The van der Waals surface area contributed by atoms with Crippen LogP contribution < -0.4 is 14.5 Å². The molecule has 6 heteroatoms. The van der Waals surface area contributed by atoms with Gasteiger partial charge in [0.2, 0.25) is 0 Å². The molecule has 5 nitrogen and oxygen atoms in total. The predicted octanol–water partition coefficient (Wildman–Crippen LogP) is 5.55. The second kappa shape index (κ2) is 9.28. The molecule has 3 aromatic rings. The average Bonchev–Trinajstić information content (AvgIpc) is 3.08. The SMILES string of the molecule is CCCOc1cccc(N2C(=O)C(c3ccc(Cl)cc3)=C(N(C)c3ccccc3)C2=O)c1. The number of anilines is 2. The third-order valence-corrected chi connectivity index (χ3v) is 5.47. The van der Waals surface area contributed by atoms with Crippen LogP contribution in [0.3, 0.4) is 0 Å². The molecule has 162 valence electrons. The number of imide groups is 1. The van der Waals surface area contributed by atoms with Crippen LogP contribution in [0, 0.1) is 0 Å². The summed E-state index contributed by atoms with van der Waals surface area (Å²) in [6.07, 6.45) is 0.861. The van der Waals surface area contributed by atoms with E-state index in [4.69, 9.17) is 16.3 Å². The maximum atomic E-state index is 13.6. The number of para-hydroxylation sites is 1. The van der Waals surface area contributed by atoms with Gasteiger partial charge in [-0.1, -0.05) is 54.9 Å². The molecule has 0 aliphatic carbocycles. The molecule has 3 aromatic carbocycles. The highest BCUT2D eigenvalue weighted by atomic mass is 35.5. The number of amides is 2. The number of carbonyl (C=O) groups is 2. The van der Waals surface area contributed by atoms with Gasteiger partial charge in [-0.2, -0.15) is 0 Å². The highest BCUT2D eigenvalue weighted by Crippen LogP contribution is 2.37. The van der Waals surface area contributed by atoms with Gasteiger partial charge in [-0.15, -0.1) is 0 Å². The van der Waals surface area contributed by atoms with Crippen LogP contribution in [-0.4, -0.2) is 25.5 Å². The van der Waals surface area contributed by atoms with Crippen molar-refractivity contribution in [2.24, 2.45) is 0 Å². The number of halogens is 1. The summed E-state index contributed by atoms with van der Waals surface area (Å²) in [5, 5.41) is 0.557. The summed E-state index contributed by atoms with van der Waals surface area (Å²) in [6.45, 7) is 2.58. The first-order chi connectivity index (χ1) is 15.5. The molecule has 1 aliphatic rings. The molecule has 0 fully saturated rings. The summed E-state index contributed by atoms with van der Waals surface area (Å²) in [4.78, 5) is 30.2. The van der Waals surface area contributed by atoms with Crippen molar-refractivity contribution in [1.29, 1.82) is 0 Å². The molecule has 0 radical (unpaired) electrons. The van der Waals surface area contributed by atoms with E-state index in [0.29, 0.717) is 39.9 Å². The topological polar surface area (TPSA) is 49.9 Å². The summed E-state index contributed by atoms with van der Waals surface area (Å²) in [7, 11) is 1.79. The van der Waals surface area contributed by atoms with Gasteiger partial charge in [-0.05, 0) is 48.4 Å². The van der Waals surface area contributed by atoms with Crippen LogP contribution in [0.25, 0.3) is 5.57 Å². The number of hydrogen-bond donors (Lipinski definition) is 0. The Morgan fingerprint density at radius 2 is 1.62 bits per heavy atom. The lowest BCUT2D eigenvalue weighted by atomic mass is 10.0. The Bertz CT molecular complexity index is 1170. The molecule has 1 aliphatic heterocycles. The number of hydrogen-bond acceptors (Lipinski definition) is 4. The Balaban J connectivity index is 1.81. The van der Waals surface area contributed by atoms with Crippen LogP contribution in [0.15, 0.2) is 84.6 Å². The highest BCUT2D eigenvalue weighted by Gasteiger charge is 2.42. The van der Waals surface area contributed by atoms with E-state index in [9.17, 15) is 9.59 Å². The van der Waals surface area contributed by atoms with E-state index < -0.39 is 0 Å². The Hall–Kier alpha value is -3.57. The Kier molecular flexibility index (Phi) is 6.28. The van der Waals surface area contributed by atoms with Gasteiger partial charge in [0.05, 0.1) is 17.9 Å². The number of nitrogens with zero attached hydrogens (tertiary/aromatic N) is 2. The van der Waals surface area contributed by atoms with Crippen molar-refractivity contribution in [2.45, 2.75) is 13.3 Å². The summed E-state index contributed by atoms with van der Waals surface area (Å²) < 4.78 is 5.71. The van der Waals surface area contributed by atoms with Gasteiger partial charge in [0, 0.05) is 23.8 Å². The zero-order chi connectivity index (χ0) is 22.7. The second-order valence-electron chi connectivity index (χ2n) is 7.42. The lowest BCUT2D eigenvalue weighted by Crippen LogP contribution is -2.34. The molecule has 0 aromatic heterocycles. The first kappa shape index (κ1) is 21.7. The lowest BCUT2D eigenvalue weighted by Gasteiger charge is -2.21. The zero-order valence-electron chi connectivity index (χ0n) is 17.9. The van der Waals surface area contributed by atoms with Gasteiger partial charge >= 0.3 is 0 Å². The summed E-state index contributed by atoms with van der Waals surface area (Å²) >= 11 is 6.06. The molecule has 0 saturated heterocycles. The van der Waals surface area contributed by atoms with Crippen molar-refractivity contribution in [3.05, 3.63) is 95.1 Å². The minimum atomic E-state index is -0.390. The highest BCUT2D eigenvalue weighted by molar-refractivity contribution is 6.46. The molecule has 0 atom stereocenters. The Morgan fingerprint density at radius 1 is 0.906 bits per heavy atom. The lowest BCUT2D eigenvalue weighted by molar-refractivity contribution is -0.120. The third kappa shape index (κ3) is 4.12. The van der Waals surface area contributed by atoms with Crippen molar-refractivity contribution in [3.8, 4) is 5.75 Å². The minimum Gasteiger partial charge on any atom is -0.494 e. The maximum absolute atomic E-state index is 13.6. The van der Waals surface area contributed by atoms with Gasteiger partial charge < -0.3 is 9.64 Å². The second-order valence-corrected chi connectivity index (χ2v) is 7.85. The van der Waals surface area contributed by atoms with Gasteiger partial charge in [-0.25, -0.2) is 4.90 Å². The standard InChI is InChI=1S/C26H23ClN2O3/c1-3-16-32-22-11-7-10-21(17-22)29-25(30)23(18-12-14-19(27)15-13-18)24(26(29)31)28(2)20-8-5-4-6-9-20/h4-15,17H,3,16H2,1-2H3. The molecular formula is C26H23ClN2O3. The van der Waals surface area contributed by atoms with Crippen LogP contribution in [0.2, 0.25) is 5.02 Å². The largest absolute Gasteiger partial charge is 0.494 e. The van der Waals surface area contributed by atoms with Crippen molar-refractivity contribution in [2.75, 3.05) is 23.5 Å². The molecule has 0 N–H and O–H groups in total. The van der Waals surface area contributed by atoms with Crippen molar-refractivity contribution >= 4 is 40.4 Å². The predicted molar refractivity (Wildman–Crippen MR) is 128 cm³/mol. The first-order valence-corrected chi connectivity index (χ1v) is 10.8. The smallest absolute Gasteiger partial charge is 0.282 e. The van der Waals surface area contributed by atoms with Gasteiger partial charge in [0.15, 0.2) is 0 Å². The molecule has 0 spiro atoms. The third-order valence-electron chi connectivity index (χ3n) is 5.22.